The standard InChI is InChI=1S/C15H31NO/c1-4-15(5-2,13-17)12-16-11-14(3)9-7-6-8-10-14/h16-17H,4-13H2,1-3H3. The van der Waals surface area contributed by atoms with E-state index in [1.54, 1.807) is 0 Å². The van der Waals surface area contributed by atoms with Crippen LogP contribution < -0.4 is 5.32 Å². The van der Waals surface area contributed by atoms with Crippen LogP contribution in [-0.2, 0) is 0 Å². The highest BCUT2D eigenvalue weighted by atomic mass is 16.3. The van der Waals surface area contributed by atoms with Crippen LogP contribution in [0.3, 0.4) is 0 Å². The van der Waals surface area contributed by atoms with Crippen molar-refractivity contribution in [2.45, 2.75) is 65.7 Å². The lowest BCUT2D eigenvalue weighted by Gasteiger charge is -2.36. The molecule has 1 rings (SSSR count). The highest BCUT2D eigenvalue weighted by molar-refractivity contribution is 4.84. The lowest BCUT2D eigenvalue weighted by atomic mass is 9.75. The van der Waals surface area contributed by atoms with E-state index in [0.717, 1.165) is 25.9 Å². The zero-order chi connectivity index (χ0) is 12.8. The van der Waals surface area contributed by atoms with Crippen LogP contribution in [0.15, 0.2) is 0 Å². The molecule has 0 saturated heterocycles. The average molecular weight is 241 g/mol. The van der Waals surface area contributed by atoms with Crippen LogP contribution in [0, 0.1) is 10.8 Å². The third-order valence-electron chi connectivity index (χ3n) is 4.95. The minimum Gasteiger partial charge on any atom is -0.396 e. The van der Waals surface area contributed by atoms with E-state index in [4.69, 9.17) is 0 Å². The summed E-state index contributed by atoms with van der Waals surface area (Å²) in [6.07, 6.45) is 9.05. The van der Waals surface area contributed by atoms with Crippen LogP contribution >= 0.6 is 0 Å². The van der Waals surface area contributed by atoms with Gasteiger partial charge >= 0.3 is 0 Å². The molecule has 0 atom stereocenters. The van der Waals surface area contributed by atoms with Crippen molar-refractivity contribution in [2.24, 2.45) is 10.8 Å². The Bertz CT molecular complexity index is 197. The van der Waals surface area contributed by atoms with Gasteiger partial charge in [0, 0.05) is 25.1 Å². The maximum Gasteiger partial charge on any atom is 0.0499 e. The van der Waals surface area contributed by atoms with Gasteiger partial charge < -0.3 is 10.4 Å². The summed E-state index contributed by atoms with van der Waals surface area (Å²) >= 11 is 0. The van der Waals surface area contributed by atoms with E-state index in [1.165, 1.54) is 32.1 Å². The predicted octanol–water partition coefficient (Wildman–Crippen LogP) is 3.35. The van der Waals surface area contributed by atoms with Crippen molar-refractivity contribution in [3.8, 4) is 0 Å². The third kappa shape index (κ3) is 4.26. The van der Waals surface area contributed by atoms with Crippen molar-refractivity contribution in [3.63, 3.8) is 0 Å². The zero-order valence-electron chi connectivity index (χ0n) is 12.0. The number of aliphatic hydroxyl groups excluding tert-OH is 1. The maximum absolute atomic E-state index is 9.54. The van der Waals surface area contributed by atoms with Gasteiger partial charge in [-0.2, -0.15) is 0 Å². The van der Waals surface area contributed by atoms with Crippen molar-refractivity contribution in [2.75, 3.05) is 19.7 Å². The Kier molecular flexibility index (Phi) is 5.94. The van der Waals surface area contributed by atoms with Gasteiger partial charge in [-0.05, 0) is 31.1 Å². The molecule has 0 unspecified atom stereocenters. The molecule has 17 heavy (non-hydrogen) atoms. The van der Waals surface area contributed by atoms with Gasteiger partial charge in [0.05, 0.1) is 0 Å². The van der Waals surface area contributed by atoms with Gasteiger partial charge in [-0.1, -0.05) is 40.0 Å². The molecule has 0 amide bonds. The average Bonchev–Trinajstić information content (AvgIpc) is 2.36. The first-order chi connectivity index (χ1) is 8.10. The molecule has 1 aliphatic carbocycles. The molecule has 2 N–H and O–H groups in total. The number of nitrogens with one attached hydrogen (secondary N) is 1. The fraction of sp³-hybridized carbons (Fsp3) is 1.00. The maximum atomic E-state index is 9.54. The van der Waals surface area contributed by atoms with E-state index in [1.807, 2.05) is 0 Å². The van der Waals surface area contributed by atoms with Crippen LogP contribution in [0.2, 0.25) is 0 Å². The summed E-state index contributed by atoms with van der Waals surface area (Å²) < 4.78 is 0. The molecule has 2 nitrogen and oxygen atoms in total. The molecule has 0 bridgehead atoms. The molecule has 1 fully saturated rings. The molecule has 0 aromatic carbocycles. The van der Waals surface area contributed by atoms with E-state index in [9.17, 15) is 5.11 Å². The van der Waals surface area contributed by atoms with Crippen molar-refractivity contribution in [3.05, 3.63) is 0 Å². The van der Waals surface area contributed by atoms with Gasteiger partial charge in [-0.3, -0.25) is 0 Å². The third-order valence-corrected chi connectivity index (χ3v) is 4.95. The number of hydrogen-bond acceptors (Lipinski definition) is 2. The fourth-order valence-corrected chi connectivity index (χ4v) is 2.99. The summed E-state index contributed by atoms with van der Waals surface area (Å²) in [6, 6.07) is 0. The van der Waals surface area contributed by atoms with Crippen molar-refractivity contribution in [1.29, 1.82) is 0 Å². The van der Waals surface area contributed by atoms with E-state index < -0.39 is 0 Å². The van der Waals surface area contributed by atoms with Crippen LogP contribution in [0.1, 0.15) is 65.7 Å². The summed E-state index contributed by atoms with van der Waals surface area (Å²) in [6.45, 7) is 9.18. The topological polar surface area (TPSA) is 32.3 Å². The Morgan fingerprint density at radius 3 is 2.18 bits per heavy atom. The second kappa shape index (κ2) is 6.75. The highest BCUT2D eigenvalue weighted by Gasteiger charge is 2.29. The lowest BCUT2D eigenvalue weighted by Crippen LogP contribution is -2.41. The van der Waals surface area contributed by atoms with Crippen molar-refractivity contribution >= 4 is 0 Å². The largest absolute Gasteiger partial charge is 0.396 e. The zero-order valence-corrected chi connectivity index (χ0v) is 12.0. The van der Waals surface area contributed by atoms with Crippen LogP contribution in [0.4, 0.5) is 0 Å². The summed E-state index contributed by atoms with van der Waals surface area (Å²) in [5, 5.41) is 13.2. The number of aliphatic hydroxyl groups is 1. The van der Waals surface area contributed by atoms with E-state index in [-0.39, 0.29) is 5.41 Å². The molecule has 2 heteroatoms. The molecule has 1 saturated carbocycles. The van der Waals surface area contributed by atoms with Crippen LogP contribution in [0.5, 0.6) is 0 Å². The second-order valence-corrected chi connectivity index (χ2v) is 6.34. The molecule has 1 aliphatic rings. The SMILES string of the molecule is CCC(CC)(CO)CNCC1(C)CCCCC1. The molecule has 0 aliphatic heterocycles. The predicted molar refractivity (Wildman–Crippen MR) is 74.2 cm³/mol. The molecular weight excluding hydrogens is 210 g/mol. The summed E-state index contributed by atoms with van der Waals surface area (Å²) in [4.78, 5) is 0. The first-order valence-electron chi connectivity index (χ1n) is 7.41. The molecule has 0 heterocycles. The Hall–Kier alpha value is -0.0800. The van der Waals surface area contributed by atoms with E-state index in [0.29, 0.717) is 12.0 Å². The van der Waals surface area contributed by atoms with Crippen LogP contribution in [0.25, 0.3) is 0 Å². The highest BCUT2D eigenvalue weighted by Crippen LogP contribution is 2.35. The van der Waals surface area contributed by atoms with Gasteiger partial charge in [-0.15, -0.1) is 0 Å². The molecule has 0 spiro atoms. The first-order valence-corrected chi connectivity index (χ1v) is 7.41. The molecule has 0 aromatic rings. The molecule has 102 valence electrons. The van der Waals surface area contributed by atoms with Gasteiger partial charge in [0.2, 0.25) is 0 Å². The molecular formula is C15H31NO. The van der Waals surface area contributed by atoms with Crippen molar-refractivity contribution < 1.29 is 5.11 Å². The monoisotopic (exact) mass is 241 g/mol. The minimum atomic E-state index is 0.102. The van der Waals surface area contributed by atoms with E-state index >= 15 is 0 Å². The van der Waals surface area contributed by atoms with Crippen molar-refractivity contribution in [1.82, 2.24) is 5.32 Å². The second-order valence-electron chi connectivity index (χ2n) is 6.34. The Morgan fingerprint density at radius 2 is 1.71 bits per heavy atom. The normalized spacial score (nSPS) is 20.5. The molecule has 0 aromatic heterocycles. The number of rotatable bonds is 7. The summed E-state index contributed by atoms with van der Waals surface area (Å²) in [5.74, 6) is 0. The van der Waals surface area contributed by atoms with Gasteiger partial charge in [0.15, 0.2) is 0 Å². The fourth-order valence-electron chi connectivity index (χ4n) is 2.99. The van der Waals surface area contributed by atoms with E-state index in [2.05, 4.69) is 26.1 Å². The Labute approximate surface area is 107 Å². The first kappa shape index (κ1) is 15.0. The Morgan fingerprint density at radius 1 is 1.12 bits per heavy atom. The summed E-state index contributed by atoms with van der Waals surface area (Å²) in [7, 11) is 0. The van der Waals surface area contributed by atoms with Gasteiger partial charge in [0.25, 0.3) is 0 Å². The van der Waals surface area contributed by atoms with Gasteiger partial charge in [0.1, 0.15) is 0 Å². The summed E-state index contributed by atoms with van der Waals surface area (Å²) in [5.41, 5.74) is 0.603. The van der Waals surface area contributed by atoms with Crippen LogP contribution in [-0.4, -0.2) is 24.8 Å². The lowest BCUT2D eigenvalue weighted by molar-refractivity contribution is 0.105. The number of hydrogen-bond donors (Lipinski definition) is 2. The molecule has 0 radical (unpaired) electrons. The smallest absolute Gasteiger partial charge is 0.0499 e. The van der Waals surface area contributed by atoms with Gasteiger partial charge in [-0.25, -0.2) is 0 Å². The quantitative estimate of drug-likeness (QED) is 0.716. The Balaban J connectivity index is 2.34. The minimum absolute atomic E-state index is 0.102.